The van der Waals surface area contributed by atoms with Crippen LogP contribution in [0.3, 0.4) is 0 Å². The van der Waals surface area contributed by atoms with Gasteiger partial charge in [-0.1, -0.05) is 30.3 Å². The van der Waals surface area contributed by atoms with Crippen LogP contribution in [0.2, 0.25) is 0 Å². The van der Waals surface area contributed by atoms with Gasteiger partial charge in [0.05, 0.1) is 18.5 Å². The number of benzene rings is 1. The van der Waals surface area contributed by atoms with Crippen molar-refractivity contribution in [1.82, 2.24) is 4.98 Å². The van der Waals surface area contributed by atoms with Crippen LogP contribution in [-0.2, 0) is 11.3 Å². The maximum Gasteiger partial charge on any atom is 0.354 e. The molecule has 2 heterocycles. The summed E-state index contributed by atoms with van der Waals surface area (Å²) < 4.78 is 5.85. The van der Waals surface area contributed by atoms with Gasteiger partial charge < -0.3 is 14.7 Å². The Morgan fingerprint density at radius 3 is 2.54 bits per heavy atom. The zero-order valence-corrected chi connectivity index (χ0v) is 13.6. The van der Waals surface area contributed by atoms with E-state index in [9.17, 15) is 4.79 Å². The van der Waals surface area contributed by atoms with E-state index in [2.05, 4.69) is 22.0 Å². The molecule has 0 bridgehead atoms. The van der Waals surface area contributed by atoms with Crippen LogP contribution in [0.25, 0.3) is 0 Å². The summed E-state index contributed by atoms with van der Waals surface area (Å²) in [5.74, 6) is -0.410. The van der Waals surface area contributed by atoms with Gasteiger partial charge in [-0.15, -0.1) is 0 Å². The Bertz CT molecular complexity index is 650. The molecule has 0 spiro atoms. The molecule has 1 aliphatic heterocycles. The SMILES string of the molecule is O=C(O)c1ccc(N2CCC(COCc3ccccc3)CC2)cn1. The second-order valence-corrected chi connectivity index (χ2v) is 6.14. The molecule has 24 heavy (non-hydrogen) atoms. The molecule has 5 nitrogen and oxygen atoms in total. The summed E-state index contributed by atoms with van der Waals surface area (Å²) >= 11 is 0. The zero-order valence-electron chi connectivity index (χ0n) is 13.6. The van der Waals surface area contributed by atoms with Crippen LogP contribution in [0.4, 0.5) is 5.69 Å². The minimum Gasteiger partial charge on any atom is -0.477 e. The van der Waals surface area contributed by atoms with E-state index in [-0.39, 0.29) is 5.69 Å². The van der Waals surface area contributed by atoms with Gasteiger partial charge in [-0.25, -0.2) is 9.78 Å². The lowest BCUT2D eigenvalue weighted by molar-refractivity contribution is 0.0690. The number of aromatic nitrogens is 1. The first-order valence-electron chi connectivity index (χ1n) is 8.28. The Hall–Kier alpha value is -2.40. The summed E-state index contributed by atoms with van der Waals surface area (Å²) in [5.41, 5.74) is 2.28. The van der Waals surface area contributed by atoms with Gasteiger partial charge in [0.2, 0.25) is 0 Å². The largest absolute Gasteiger partial charge is 0.477 e. The third-order valence-electron chi connectivity index (χ3n) is 4.41. The van der Waals surface area contributed by atoms with Crippen LogP contribution in [-0.4, -0.2) is 35.8 Å². The van der Waals surface area contributed by atoms with Gasteiger partial charge in [0, 0.05) is 19.7 Å². The van der Waals surface area contributed by atoms with Crippen LogP contribution < -0.4 is 4.90 Å². The van der Waals surface area contributed by atoms with Gasteiger partial charge in [0.15, 0.2) is 0 Å². The van der Waals surface area contributed by atoms with Crippen LogP contribution in [0, 0.1) is 5.92 Å². The van der Waals surface area contributed by atoms with Crippen LogP contribution in [0.5, 0.6) is 0 Å². The summed E-state index contributed by atoms with van der Waals surface area (Å²) in [6.07, 6.45) is 3.81. The molecule has 0 amide bonds. The maximum absolute atomic E-state index is 10.8. The number of rotatable bonds is 6. The highest BCUT2D eigenvalue weighted by atomic mass is 16.5. The summed E-state index contributed by atoms with van der Waals surface area (Å²) in [5, 5.41) is 8.90. The van der Waals surface area contributed by atoms with E-state index < -0.39 is 5.97 Å². The fraction of sp³-hybridized carbons (Fsp3) is 0.368. The number of hydrogen-bond acceptors (Lipinski definition) is 4. The van der Waals surface area contributed by atoms with Crippen molar-refractivity contribution in [2.45, 2.75) is 19.4 Å². The molecular formula is C19H22N2O3. The number of nitrogens with zero attached hydrogens (tertiary/aromatic N) is 2. The Morgan fingerprint density at radius 1 is 1.17 bits per heavy atom. The molecule has 1 fully saturated rings. The fourth-order valence-corrected chi connectivity index (χ4v) is 2.98. The molecule has 1 aromatic heterocycles. The van der Waals surface area contributed by atoms with Crippen molar-refractivity contribution in [3.8, 4) is 0 Å². The number of piperidine rings is 1. The fourth-order valence-electron chi connectivity index (χ4n) is 2.98. The maximum atomic E-state index is 10.8. The number of carbonyl (C=O) groups is 1. The Labute approximate surface area is 141 Å². The average molecular weight is 326 g/mol. The molecule has 0 radical (unpaired) electrons. The number of carboxylic acids is 1. The monoisotopic (exact) mass is 326 g/mol. The second-order valence-electron chi connectivity index (χ2n) is 6.14. The minimum absolute atomic E-state index is 0.0861. The highest BCUT2D eigenvalue weighted by Crippen LogP contribution is 2.23. The predicted octanol–water partition coefficient (Wildman–Crippen LogP) is 3.21. The molecular weight excluding hydrogens is 304 g/mol. The Balaban J connectivity index is 1.43. The normalized spacial score (nSPS) is 15.4. The third-order valence-corrected chi connectivity index (χ3v) is 4.41. The summed E-state index contributed by atoms with van der Waals surface area (Å²) in [6, 6.07) is 13.6. The molecule has 5 heteroatoms. The third kappa shape index (κ3) is 4.32. The first-order valence-corrected chi connectivity index (χ1v) is 8.28. The number of hydrogen-bond donors (Lipinski definition) is 1. The first-order chi connectivity index (χ1) is 11.7. The van der Waals surface area contributed by atoms with Crippen molar-refractivity contribution in [1.29, 1.82) is 0 Å². The smallest absolute Gasteiger partial charge is 0.354 e. The molecule has 0 saturated carbocycles. The lowest BCUT2D eigenvalue weighted by atomic mass is 9.97. The van der Waals surface area contributed by atoms with Gasteiger partial charge in [-0.3, -0.25) is 0 Å². The molecule has 1 saturated heterocycles. The standard InChI is InChI=1S/C19H22N2O3/c22-19(23)18-7-6-17(12-20-18)21-10-8-16(9-11-21)14-24-13-15-4-2-1-3-5-15/h1-7,12,16H,8-11,13-14H2,(H,22,23). The average Bonchev–Trinajstić information content (AvgIpc) is 2.63. The van der Waals surface area contributed by atoms with E-state index in [0.29, 0.717) is 12.5 Å². The van der Waals surface area contributed by atoms with E-state index in [4.69, 9.17) is 9.84 Å². The van der Waals surface area contributed by atoms with E-state index in [1.165, 1.54) is 5.56 Å². The topological polar surface area (TPSA) is 62.7 Å². The van der Waals surface area contributed by atoms with Crippen molar-refractivity contribution in [3.05, 3.63) is 59.9 Å². The summed E-state index contributed by atoms with van der Waals surface area (Å²) in [7, 11) is 0. The lowest BCUT2D eigenvalue weighted by Crippen LogP contribution is -2.35. The molecule has 126 valence electrons. The van der Waals surface area contributed by atoms with Crippen LogP contribution in [0.1, 0.15) is 28.9 Å². The summed E-state index contributed by atoms with van der Waals surface area (Å²) in [6.45, 7) is 3.36. The van der Waals surface area contributed by atoms with Crippen LogP contribution >= 0.6 is 0 Å². The zero-order chi connectivity index (χ0) is 16.8. The molecule has 0 atom stereocenters. The lowest BCUT2D eigenvalue weighted by Gasteiger charge is -2.33. The molecule has 3 rings (SSSR count). The van der Waals surface area contributed by atoms with Crippen molar-refractivity contribution in [2.24, 2.45) is 5.92 Å². The van der Waals surface area contributed by atoms with Crippen molar-refractivity contribution >= 4 is 11.7 Å². The first kappa shape index (κ1) is 16.5. The van der Waals surface area contributed by atoms with Crippen molar-refractivity contribution in [2.75, 3.05) is 24.6 Å². The van der Waals surface area contributed by atoms with Crippen molar-refractivity contribution in [3.63, 3.8) is 0 Å². The Kier molecular flexibility index (Phi) is 5.43. The molecule has 1 N–H and O–H groups in total. The van der Waals surface area contributed by atoms with E-state index in [1.807, 2.05) is 24.3 Å². The highest BCUT2D eigenvalue weighted by Gasteiger charge is 2.20. The number of ether oxygens (including phenoxy) is 1. The number of aromatic carboxylic acids is 1. The molecule has 1 aromatic carbocycles. The Morgan fingerprint density at radius 2 is 1.92 bits per heavy atom. The molecule has 1 aliphatic rings. The van der Waals surface area contributed by atoms with E-state index in [1.54, 1.807) is 12.3 Å². The minimum atomic E-state index is -0.990. The van der Waals surface area contributed by atoms with E-state index in [0.717, 1.165) is 38.2 Å². The van der Waals surface area contributed by atoms with Crippen molar-refractivity contribution < 1.29 is 14.6 Å². The van der Waals surface area contributed by atoms with Gasteiger partial charge >= 0.3 is 5.97 Å². The van der Waals surface area contributed by atoms with Crippen LogP contribution in [0.15, 0.2) is 48.7 Å². The number of carboxylic acid groups (broad SMARTS) is 1. The van der Waals surface area contributed by atoms with Gasteiger partial charge in [0.25, 0.3) is 0 Å². The number of pyridine rings is 1. The van der Waals surface area contributed by atoms with E-state index >= 15 is 0 Å². The quantitative estimate of drug-likeness (QED) is 0.883. The molecule has 0 unspecified atom stereocenters. The predicted molar refractivity (Wildman–Crippen MR) is 92.2 cm³/mol. The highest BCUT2D eigenvalue weighted by molar-refractivity contribution is 5.85. The van der Waals surface area contributed by atoms with Gasteiger partial charge in [-0.05, 0) is 36.5 Å². The van der Waals surface area contributed by atoms with Gasteiger partial charge in [0.1, 0.15) is 5.69 Å². The van der Waals surface area contributed by atoms with Gasteiger partial charge in [-0.2, -0.15) is 0 Å². The number of anilines is 1. The summed E-state index contributed by atoms with van der Waals surface area (Å²) in [4.78, 5) is 17.1. The molecule has 2 aromatic rings. The molecule has 0 aliphatic carbocycles. The second kappa shape index (κ2) is 7.93.